The van der Waals surface area contributed by atoms with Crippen LogP contribution >= 0.6 is 11.6 Å². The third-order valence-electron chi connectivity index (χ3n) is 3.16. The number of carbonyl (C=O) groups excluding carboxylic acids is 2. The molecule has 126 valence electrons. The Labute approximate surface area is 141 Å². The Morgan fingerprint density at radius 3 is 2.54 bits per heavy atom. The molecule has 1 aromatic heterocycles. The maximum atomic E-state index is 11.9. The van der Waals surface area contributed by atoms with Crippen LogP contribution < -0.4 is 16.6 Å². The van der Waals surface area contributed by atoms with Crippen LogP contribution in [0, 0.1) is 0 Å². The fraction of sp³-hybridized carbons (Fsp3) is 0.200. The molecule has 0 atom stereocenters. The van der Waals surface area contributed by atoms with E-state index in [1.54, 1.807) is 24.3 Å². The van der Waals surface area contributed by atoms with Crippen molar-refractivity contribution in [3.8, 4) is 0 Å². The van der Waals surface area contributed by atoms with E-state index in [1.807, 2.05) is 11.1 Å². The average Bonchev–Trinajstić information content (AvgIpc) is 2.58. The number of amides is 1. The molecule has 1 heterocycles. The van der Waals surface area contributed by atoms with Gasteiger partial charge in [-0.05, 0) is 5.56 Å². The van der Waals surface area contributed by atoms with Crippen molar-refractivity contribution in [3.05, 3.63) is 62.3 Å². The summed E-state index contributed by atoms with van der Waals surface area (Å²) in [6, 6.07) is 8.92. The summed E-state index contributed by atoms with van der Waals surface area (Å²) in [6.07, 6.45) is -0.914. The molecule has 24 heavy (non-hydrogen) atoms. The van der Waals surface area contributed by atoms with Crippen LogP contribution in [0.15, 0.2) is 39.9 Å². The molecule has 2 N–H and O–H groups in total. The van der Waals surface area contributed by atoms with Gasteiger partial charge in [0, 0.05) is 7.05 Å². The van der Waals surface area contributed by atoms with E-state index in [-0.39, 0.29) is 12.4 Å². The molecule has 1 aromatic carbocycles. The second kappa shape index (κ2) is 7.60. The lowest BCUT2D eigenvalue weighted by atomic mass is 10.2. The summed E-state index contributed by atoms with van der Waals surface area (Å²) < 4.78 is 5.93. The highest BCUT2D eigenvalue weighted by Crippen LogP contribution is 2.11. The summed E-state index contributed by atoms with van der Waals surface area (Å²) >= 11 is 5.47. The molecule has 0 aliphatic carbocycles. The van der Waals surface area contributed by atoms with Crippen LogP contribution in [0.25, 0.3) is 0 Å². The summed E-state index contributed by atoms with van der Waals surface area (Å²) in [7, 11) is 1.29. The van der Waals surface area contributed by atoms with Crippen molar-refractivity contribution in [2.75, 3.05) is 11.2 Å². The first-order chi connectivity index (χ1) is 11.4. The highest BCUT2D eigenvalue weighted by Gasteiger charge is 2.21. The molecule has 2 aromatic rings. The van der Waals surface area contributed by atoms with E-state index in [0.29, 0.717) is 0 Å². The van der Waals surface area contributed by atoms with Gasteiger partial charge in [-0.1, -0.05) is 30.3 Å². The van der Waals surface area contributed by atoms with E-state index in [0.717, 1.165) is 10.1 Å². The minimum absolute atomic E-state index is 0.0113. The number of benzene rings is 1. The number of nitrogens with one attached hydrogen (secondary N) is 2. The van der Waals surface area contributed by atoms with Gasteiger partial charge in [0.25, 0.3) is 5.56 Å². The van der Waals surface area contributed by atoms with Crippen LogP contribution in [0.5, 0.6) is 0 Å². The summed E-state index contributed by atoms with van der Waals surface area (Å²) in [4.78, 5) is 49.2. The lowest BCUT2D eigenvalue weighted by Gasteiger charge is -2.13. The van der Waals surface area contributed by atoms with E-state index < -0.39 is 34.6 Å². The summed E-state index contributed by atoms with van der Waals surface area (Å²) in [5, 5.41) is 2.25. The molecule has 0 bridgehead atoms. The third kappa shape index (κ3) is 3.90. The van der Waals surface area contributed by atoms with Gasteiger partial charge in [0.1, 0.15) is 18.0 Å². The number of anilines is 1. The highest BCUT2D eigenvalue weighted by atomic mass is 35.5. The fourth-order valence-electron chi connectivity index (χ4n) is 1.95. The van der Waals surface area contributed by atoms with Gasteiger partial charge in [-0.2, -0.15) is 0 Å². The monoisotopic (exact) mass is 351 g/mol. The van der Waals surface area contributed by atoms with Gasteiger partial charge >= 0.3 is 11.8 Å². The molecule has 2 rings (SSSR count). The predicted molar refractivity (Wildman–Crippen MR) is 87.6 cm³/mol. The Kier molecular flexibility index (Phi) is 5.54. The number of aromatic nitrogens is 2. The molecule has 0 radical (unpaired) electrons. The van der Waals surface area contributed by atoms with Crippen LogP contribution in [0.1, 0.15) is 15.9 Å². The largest absolute Gasteiger partial charge is 0.444 e. The number of Topliss-reactive ketones (excluding diaryl/α,β-unsaturated/α-hetero) is 1. The second-order valence-corrected chi connectivity index (χ2v) is 5.05. The average molecular weight is 352 g/mol. The molecule has 9 heteroatoms. The Hall–Kier alpha value is -2.87. The van der Waals surface area contributed by atoms with Crippen molar-refractivity contribution in [1.82, 2.24) is 9.55 Å². The maximum absolute atomic E-state index is 11.9. The van der Waals surface area contributed by atoms with Crippen LogP contribution in [0.2, 0.25) is 0 Å². The van der Waals surface area contributed by atoms with E-state index in [4.69, 9.17) is 16.3 Å². The van der Waals surface area contributed by atoms with Crippen molar-refractivity contribution in [2.45, 2.75) is 6.61 Å². The minimum Gasteiger partial charge on any atom is -0.444 e. The Morgan fingerprint density at radius 2 is 1.92 bits per heavy atom. The van der Waals surface area contributed by atoms with Crippen LogP contribution in [-0.4, -0.2) is 27.3 Å². The van der Waals surface area contributed by atoms with Gasteiger partial charge in [-0.3, -0.25) is 24.5 Å². The Bertz CT molecular complexity index is 873. The second-order valence-electron chi connectivity index (χ2n) is 4.79. The number of hydrogen-bond acceptors (Lipinski definition) is 5. The van der Waals surface area contributed by atoms with E-state index in [9.17, 15) is 19.2 Å². The van der Waals surface area contributed by atoms with E-state index in [2.05, 4.69) is 5.32 Å². The predicted octanol–water partition coefficient (Wildman–Crippen LogP) is 1.24. The number of hydrogen-bond donors (Lipinski definition) is 2. The minimum atomic E-state index is -0.929. The molecule has 1 amide bonds. The molecule has 0 aliphatic heterocycles. The lowest BCUT2D eigenvalue weighted by molar-refractivity contribution is 0.101. The number of carbonyl (C=O) groups is 2. The van der Waals surface area contributed by atoms with Gasteiger partial charge in [-0.15, -0.1) is 11.6 Å². The number of H-pyrrole nitrogens is 1. The molecule has 0 unspecified atom stereocenters. The first-order valence-electron chi connectivity index (χ1n) is 6.84. The molecular formula is C15H14ClN3O5. The number of ketones is 1. The number of alkyl halides is 1. The standard InChI is InChI=1S/C15H14ClN3O5/c1-19-12(11(10(20)7-16)13(21)18-14(19)22)17-15(23)24-8-9-5-3-2-4-6-9/h2-6H,7-8H2,1H3,(H,17,23)(H,18,21,22). The summed E-state index contributed by atoms with van der Waals surface area (Å²) in [5.41, 5.74) is -1.38. The van der Waals surface area contributed by atoms with Gasteiger partial charge in [0.15, 0.2) is 5.78 Å². The van der Waals surface area contributed by atoms with Gasteiger partial charge in [0.05, 0.1) is 5.88 Å². The number of aromatic amines is 1. The lowest BCUT2D eigenvalue weighted by Crippen LogP contribution is -2.36. The first-order valence-corrected chi connectivity index (χ1v) is 7.37. The molecule has 0 aliphatic rings. The maximum Gasteiger partial charge on any atom is 0.413 e. The quantitative estimate of drug-likeness (QED) is 0.622. The van der Waals surface area contributed by atoms with Crippen molar-refractivity contribution in [1.29, 1.82) is 0 Å². The number of halogens is 1. The zero-order valence-electron chi connectivity index (χ0n) is 12.7. The third-order valence-corrected chi connectivity index (χ3v) is 3.40. The van der Waals surface area contributed by atoms with Gasteiger partial charge < -0.3 is 4.74 Å². The van der Waals surface area contributed by atoms with Crippen molar-refractivity contribution >= 4 is 29.3 Å². The van der Waals surface area contributed by atoms with E-state index >= 15 is 0 Å². The van der Waals surface area contributed by atoms with Crippen LogP contribution in [0.3, 0.4) is 0 Å². The number of rotatable bonds is 5. The molecule has 0 spiro atoms. The topological polar surface area (TPSA) is 110 Å². The van der Waals surface area contributed by atoms with Crippen molar-refractivity contribution < 1.29 is 14.3 Å². The Morgan fingerprint density at radius 1 is 1.25 bits per heavy atom. The molecule has 8 nitrogen and oxygen atoms in total. The molecule has 0 saturated heterocycles. The molecule has 0 saturated carbocycles. The zero-order chi connectivity index (χ0) is 17.7. The number of ether oxygens (including phenoxy) is 1. The van der Waals surface area contributed by atoms with E-state index in [1.165, 1.54) is 7.05 Å². The first kappa shape index (κ1) is 17.5. The smallest absolute Gasteiger partial charge is 0.413 e. The van der Waals surface area contributed by atoms with Gasteiger partial charge in [0.2, 0.25) is 0 Å². The van der Waals surface area contributed by atoms with Gasteiger partial charge in [-0.25, -0.2) is 9.59 Å². The normalized spacial score (nSPS) is 10.2. The van der Waals surface area contributed by atoms with Crippen molar-refractivity contribution in [3.63, 3.8) is 0 Å². The fourth-order valence-corrected chi connectivity index (χ4v) is 2.08. The summed E-state index contributed by atoms with van der Waals surface area (Å²) in [6.45, 7) is -0.0113. The van der Waals surface area contributed by atoms with Crippen LogP contribution in [-0.2, 0) is 18.4 Å². The van der Waals surface area contributed by atoms with Crippen molar-refractivity contribution in [2.24, 2.45) is 7.05 Å². The molecular weight excluding hydrogens is 338 g/mol. The zero-order valence-corrected chi connectivity index (χ0v) is 13.4. The highest BCUT2D eigenvalue weighted by molar-refractivity contribution is 6.31. The van der Waals surface area contributed by atoms with Crippen LogP contribution in [0.4, 0.5) is 10.6 Å². The summed E-state index contributed by atoms with van der Waals surface area (Å²) in [5.74, 6) is -1.48. The SMILES string of the molecule is Cn1c(NC(=O)OCc2ccccc2)c(C(=O)CCl)c(=O)[nH]c1=O. The number of nitrogens with zero attached hydrogens (tertiary/aromatic N) is 1. The molecule has 0 fully saturated rings. The Balaban J connectivity index is 2.25.